The third-order valence-electron chi connectivity index (χ3n) is 3.47. The molecule has 0 spiro atoms. The second-order valence-corrected chi connectivity index (χ2v) is 5.46. The minimum atomic E-state index is -0.875. The first kappa shape index (κ1) is 18.5. The van der Waals surface area contributed by atoms with Crippen molar-refractivity contribution in [1.29, 1.82) is 0 Å². The highest BCUT2D eigenvalue weighted by molar-refractivity contribution is 5.94. The maximum Gasteiger partial charge on any atom is 0.355 e. The molecule has 3 N–H and O–H groups in total. The maximum atomic E-state index is 12.0. The van der Waals surface area contributed by atoms with E-state index in [4.69, 9.17) is 19.6 Å². The van der Waals surface area contributed by atoms with Gasteiger partial charge in [-0.15, -0.1) is 0 Å². The Morgan fingerprint density at radius 3 is 2.68 bits per heavy atom. The van der Waals surface area contributed by atoms with Crippen LogP contribution in [0.4, 0.5) is 0 Å². The topological polar surface area (TPSA) is 126 Å². The van der Waals surface area contributed by atoms with Crippen molar-refractivity contribution in [3.05, 3.63) is 24.1 Å². The summed E-state index contributed by atoms with van der Waals surface area (Å²) in [7, 11) is 0. The lowest BCUT2D eigenvalue weighted by Gasteiger charge is -2.16. The van der Waals surface area contributed by atoms with E-state index < -0.39 is 29.9 Å². The first-order valence-electron chi connectivity index (χ1n) is 7.81. The van der Waals surface area contributed by atoms with Crippen molar-refractivity contribution in [2.75, 3.05) is 6.61 Å². The lowest BCUT2D eigenvalue weighted by Crippen LogP contribution is -2.46. The number of esters is 2. The molecule has 136 valence electrons. The fraction of sp³-hybridized carbons (Fsp3) is 0.438. The average molecular weight is 351 g/mol. The molecule has 2 unspecified atom stereocenters. The van der Waals surface area contributed by atoms with E-state index >= 15 is 0 Å². The molecule has 2 rings (SSSR count). The number of nitrogens with zero attached hydrogens (tertiary/aromatic N) is 1. The van der Waals surface area contributed by atoms with E-state index in [2.05, 4.69) is 5.32 Å². The second kappa shape index (κ2) is 7.84. The summed E-state index contributed by atoms with van der Waals surface area (Å²) < 4.78 is 16.9. The molecule has 1 amide bonds. The van der Waals surface area contributed by atoms with E-state index in [-0.39, 0.29) is 19.0 Å². The van der Waals surface area contributed by atoms with Gasteiger partial charge >= 0.3 is 11.9 Å². The van der Waals surface area contributed by atoms with Crippen molar-refractivity contribution in [2.24, 2.45) is 5.73 Å². The van der Waals surface area contributed by atoms with Gasteiger partial charge in [-0.2, -0.15) is 0 Å². The zero-order valence-electron chi connectivity index (χ0n) is 14.3. The van der Waals surface area contributed by atoms with Crippen LogP contribution >= 0.6 is 0 Å². The molecule has 0 aromatic carbocycles. The van der Waals surface area contributed by atoms with Crippen molar-refractivity contribution < 1.29 is 28.3 Å². The number of ether oxygens (including phenoxy) is 2. The highest BCUT2D eigenvalue weighted by Crippen LogP contribution is 2.22. The predicted molar refractivity (Wildman–Crippen MR) is 87.5 cm³/mol. The molecule has 2 heterocycles. The van der Waals surface area contributed by atoms with Crippen molar-refractivity contribution in [1.82, 2.24) is 9.88 Å². The minimum Gasteiger partial charge on any atom is -0.463 e. The number of carbonyl (C=O) groups excluding carboxylic acids is 3. The quantitative estimate of drug-likeness (QED) is 0.705. The van der Waals surface area contributed by atoms with Crippen LogP contribution in [0.2, 0.25) is 0 Å². The van der Waals surface area contributed by atoms with Crippen LogP contribution in [0.1, 0.15) is 31.3 Å². The van der Waals surface area contributed by atoms with Crippen LogP contribution < -0.4 is 11.1 Å². The van der Waals surface area contributed by atoms with E-state index in [0.717, 1.165) is 0 Å². The summed E-state index contributed by atoms with van der Waals surface area (Å²) in [5, 5.41) is 2.44. The number of nitrogens with two attached hydrogens (primary N) is 1. The number of hydrogen-bond donors (Lipinski definition) is 2. The molecule has 0 aliphatic carbocycles. The average Bonchev–Trinajstić information content (AvgIpc) is 3.13. The van der Waals surface area contributed by atoms with Crippen LogP contribution in [0.5, 0.6) is 0 Å². The lowest BCUT2D eigenvalue weighted by molar-refractivity contribution is -0.151. The van der Waals surface area contributed by atoms with E-state index in [1.165, 1.54) is 30.7 Å². The van der Waals surface area contributed by atoms with E-state index in [1.54, 1.807) is 13.0 Å². The largest absolute Gasteiger partial charge is 0.463 e. The van der Waals surface area contributed by atoms with Gasteiger partial charge in [0.05, 0.1) is 24.4 Å². The summed E-state index contributed by atoms with van der Waals surface area (Å²) in [6.07, 6.45) is 1.46. The molecule has 2 atom stereocenters. The highest BCUT2D eigenvalue weighted by atomic mass is 16.5. The van der Waals surface area contributed by atoms with Gasteiger partial charge in [0.1, 0.15) is 11.7 Å². The Hall–Kier alpha value is -2.81. The third-order valence-corrected chi connectivity index (χ3v) is 3.47. The van der Waals surface area contributed by atoms with E-state index in [9.17, 15) is 14.4 Å². The predicted octanol–water partition coefficient (Wildman–Crippen LogP) is 0.764. The summed E-state index contributed by atoms with van der Waals surface area (Å²) in [5.41, 5.74) is 6.70. The number of hydrogen-bond acceptors (Lipinski definition) is 7. The van der Waals surface area contributed by atoms with Crippen LogP contribution in [-0.2, 0) is 25.8 Å². The Kier molecular flexibility index (Phi) is 5.81. The Balaban J connectivity index is 2.10. The highest BCUT2D eigenvalue weighted by Gasteiger charge is 2.22. The van der Waals surface area contributed by atoms with Gasteiger partial charge in [-0.25, -0.2) is 9.59 Å². The van der Waals surface area contributed by atoms with E-state index in [0.29, 0.717) is 11.1 Å². The first-order chi connectivity index (χ1) is 11.8. The molecule has 2 aromatic heterocycles. The lowest BCUT2D eigenvalue weighted by atomic mass is 10.3. The molecule has 9 nitrogen and oxygen atoms in total. The van der Waals surface area contributed by atoms with Crippen molar-refractivity contribution in [3.63, 3.8) is 0 Å². The molecule has 25 heavy (non-hydrogen) atoms. The number of furan rings is 1. The molecule has 0 aliphatic heterocycles. The first-order valence-corrected chi connectivity index (χ1v) is 7.81. The summed E-state index contributed by atoms with van der Waals surface area (Å²) in [4.78, 5) is 35.6. The molecular formula is C16H21N3O6. The van der Waals surface area contributed by atoms with Crippen molar-refractivity contribution in [3.8, 4) is 0 Å². The van der Waals surface area contributed by atoms with E-state index in [1.807, 2.05) is 0 Å². The number of carbonyl (C=O) groups is 3. The third kappa shape index (κ3) is 4.18. The van der Waals surface area contributed by atoms with Crippen molar-refractivity contribution >= 4 is 28.9 Å². The standard InChI is InChI=1S/C16H21N3O6/c1-4-23-16(22)12-7-13-11(5-6-24-13)19(12)8-25-15(21)10(3)18-14(20)9(2)17/h5-7,9-10H,4,8,17H2,1-3H3,(H,18,20). The summed E-state index contributed by atoms with van der Waals surface area (Å²) in [6.45, 7) is 4.67. The smallest absolute Gasteiger partial charge is 0.355 e. The normalized spacial score (nSPS) is 13.3. The van der Waals surface area contributed by atoms with Gasteiger partial charge in [0, 0.05) is 12.1 Å². The summed E-state index contributed by atoms with van der Waals surface area (Å²) in [5.74, 6) is -1.67. The van der Waals surface area contributed by atoms with Gasteiger partial charge in [-0.1, -0.05) is 0 Å². The van der Waals surface area contributed by atoms with Gasteiger partial charge in [-0.3, -0.25) is 9.36 Å². The van der Waals surface area contributed by atoms with Crippen LogP contribution in [0.25, 0.3) is 11.1 Å². The number of aromatic nitrogens is 1. The zero-order valence-corrected chi connectivity index (χ0v) is 14.3. The van der Waals surface area contributed by atoms with Crippen LogP contribution in [0.3, 0.4) is 0 Å². The second-order valence-electron chi connectivity index (χ2n) is 5.46. The van der Waals surface area contributed by atoms with Gasteiger partial charge in [-0.05, 0) is 20.8 Å². The monoisotopic (exact) mass is 351 g/mol. The molecule has 0 bridgehead atoms. The van der Waals surface area contributed by atoms with Crippen LogP contribution in [-0.4, -0.2) is 41.1 Å². The number of amides is 1. The number of nitrogens with one attached hydrogen (secondary N) is 1. The molecular weight excluding hydrogens is 330 g/mol. The Labute approximate surface area is 144 Å². The van der Waals surface area contributed by atoms with Gasteiger partial charge < -0.3 is 24.9 Å². The fourth-order valence-electron chi connectivity index (χ4n) is 2.15. The SMILES string of the molecule is CCOC(=O)c1cc2occc2n1COC(=O)C(C)NC(=O)C(C)N. The Morgan fingerprint density at radius 1 is 1.32 bits per heavy atom. The van der Waals surface area contributed by atoms with Gasteiger partial charge in [0.15, 0.2) is 12.3 Å². The molecule has 0 saturated carbocycles. The summed E-state index contributed by atoms with van der Waals surface area (Å²) in [6, 6.07) is 1.55. The van der Waals surface area contributed by atoms with Gasteiger partial charge in [0.2, 0.25) is 5.91 Å². The molecule has 0 saturated heterocycles. The fourth-order valence-corrected chi connectivity index (χ4v) is 2.15. The number of rotatable bonds is 7. The Bertz CT molecular complexity index is 776. The minimum absolute atomic E-state index is 0.205. The molecule has 0 fully saturated rings. The van der Waals surface area contributed by atoms with Crippen LogP contribution in [0, 0.1) is 0 Å². The number of fused-ring (bicyclic) bond motifs is 1. The molecule has 2 aromatic rings. The zero-order chi connectivity index (χ0) is 18.6. The molecule has 0 radical (unpaired) electrons. The van der Waals surface area contributed by atoms with Gasteiger partial charge in [0.25, 0.3) is 0 Å². The summed E-state index contributed by atoms with van der Waals surface area (Å²) >= 11 is 0. The molecule has 9 heteroatoms. The molecule has 0 aliphatic rings. The Morgan fingerprint density at radius 2 is 2.04 bits per heavy atom. The van der Waals surface area contributed by atoms with Crippen molar-refractivity contribution in [2.45, 2.75) is 39.6 Å². The maximum absolute atomic E-state index is 12.0. The van der Waals surface area contributed by atoms with Crippen LogP contribution in [0.15, 0.2) is 22.8 Å².